The van der Waals surface area contributed by atoms with E-state index < -0.39 is 17.2 Å². The average Bonchev–Trinajstić information content (AvgIpc) is 2.95. The summed E-state index contributed by atoms with van der Waals surface area (Å²) in [4.78, 5) is 39.6. The molecule has 2 aromatic carbocycles. The summed E-state index contributed by atoms with van der Waals surface area (Å²) in [5, 5.41) is 3.69. The van der Waals surface area contributed by atoms with Gasteiger partial charge < -0.3 is 9.73 Å². The number of urea groups is 1. The minimum Gasteiger partial charge on any atom is -0.422 e. The molecule has 1 aliphatic heterocycles. The van der Waals surface area contributed by atoms with Crippen molar-refractivity contribution in [3.63, 3.8) is 0 Å². The number of imide groups is 1. The summed E-state index contributed by atoms with van der Waals surface area (Å²) in [7, 11) is 0. The summed E-state index contributed by atoms with van der Waals surface area (Å²) in [6.07, 6.45) is 1.80. The van der Waals surface area contributed by atoms with Crippen molar-refractivity contribution >= 4 is 22.9 Å². The van der Waals surface area contributed by atoms with Crippen LogP contribution in [-0.4, -0.2) is 22.4 Å². The number of hydrogen-bond acceptors (Lipinski definition) is 4. The fraction of sp³-hybridized carbons (Fsp3) is 0.292. The van der Waals surface area contributed by atoms with Crippen molar-refractivity contribution in [1.29, 1.82) is 0 Å². The second-order valence-corrected chi connectivity index (χ2v) is 8.32. The van der Waals surface area contributed by atoms with Gasteiger partial charge in [-0.25, -0.2) is 9.59 Å². The van der Waals surface area contributed by atoms with Crippen molar-refractivity contribution in [2.24, 2.45) is 0 Å². The maximum atomic E-state index is 13.4. The zero-order chi connectivity index (χ0) is 21.0. The molecule has 152 valence electrons. The molecule has 1 N–H and O–H groups in total. The highest BCUT2D eigenvalue weighted by atomic mass is 16.4. The van der Waals surface area contributed by atoms with Gasteiger partial charge in [-0.05, 0) is 54.5 Å². The SMILES string of the molecule is Cc1ccc2c(CN3C(=O)NC4(CCc5ccccc5C4)C3=O)cc(=O)oc2c1C. The Labute approximate surface area is 173 Å². The van der Waals surface area contributed by atoms with E-state index in [1.165, 1.54) is 16.5 Å². The number of rotatable bonds is 2. The van der Waals surface area contributed by atoms with Crippen LogP contribution < -0.4 is 10.9 Å². The zero-order valence-corrected chi connectivity index (χ0v) is 17.0. The van der Waals surface area contributed by atoms with Crippen molar-refractivity contribution in [2.45, 2.75) is 45.2 Å². The predicted molar refractivity (Wildman–Crippen MR) is 112 cm³/mol. The van der Waals surface area contributed by atoms with Gasteiger partial charge in [0.25, 0.3) is 5.91 Å². The van der Waals surface area contributed by atoms with E-state index >= 15 is 0 Å². The maximum Gasteiger partial charge on any atom is 0.336 e. The first-order valence-electron chi connectivity index (χ1n) is 10.1. The molecule has 1 saturated heterocycles. The van der Waals surface area contributed by atoms with Gasteiger partial charge in [0.05, 0.1) is 6.54 Å². The molecule has 2 heterocycles. The molecule has 1 spiro atoms. The van der Waals surface area contributed by atoms with Crippen molar-refractivity contribution in [2.75, 3.05) is 0 Å². The topological polar surface area (TPSA) is 79.6 Å². The van der Waals surface area contributed by atoms with Crippen LogP contribution in [-0.2, 0) is 24.2 Å². The van der Waals surface area contributed by atoms with Crippen LogP contribution in [0, 0.1) is 13.8 Å². The Balaban J connectivity index is 1.51. The van der Waals surface area contributed by atoms with E-state index in [-0.39, 0.29) is 12.5 Å². The van der Waals surface area contributed by atoms with Gasteiger partial charge in [0.1, 0.15) is 11.1 Å². The Morgan fingerprint density at radius 1 is 1.07 bits per heavy atom. The third-order valence-corrected chi connectivity index (χ3v) is 6.52. The maximum absolute atomic E-state index is 13.4. The Morgan fingerprint density at radius 3 is 2.63 bits per heavy atom. The largest absolute Gasteiger partial charge is 0.422 e. The lowest BCUT2D eigenvalue weighted by Gasteiger charge is -2.32. The van der Waals surface area contributed by atoms with Gasteiger partial charge >= 0.3 is 11.7 Å². The number of nitrogens with zero attached hydrogens (tertiary/aromatic N) is 1. The Kier molecular flexibility index (Phi) is 4.07. The summed E-state index contributed by atoms with van der Waals surface area (Å²) < 4.78 is 5.42. The standard InChI is InChI=1S/C24H22N2O4/c1-14-7-8-19-18(11-20(27)30-21(19)15(14)2)13-26-22(28)24(25-23(26)29)10-9-16-5-3-4-6-17(16)12-24/h3-8,11H,9-10,12-13H2,1-2H3,(H,25,29). The summed E-state index contributed by atoms with van der Waals surface area (Å²) in [5.74, 6) is -0.229. The van der Waals surface area contributed by atoms with Crippen molar-refractivity contribution in [1.82, 2.24) is 10.2 Å². The van der Waals surface area contributed by atoms with Crippen LogP contribution in [0.4, 0.5) is 4.79 Å². The zero-order valence-electron chi connectivity index (χ0n) is 17.0. The van der Waals surface area contributed by atoms with Gasteiger partial charge in [0, 0.05) is 17.9 Å². The molecular weight excluding hydrogens is 380 g/mol. The highest BCUT2D eigenvalue weighted by Gasteiger charge is 2.52. The molecule has 1 aromatic heterocycles. The van der Waals surface area contributed by atoms with Crippen LogP contribution in [0.3, 0.4) is 0 Å². The first-order chi connectivity index (χ1) is 14.4. The first kappa shape index (κ1) is 18.6. The average molecular weight is 402 g/mol. The van der Waals surface area contributed by atoms with Crippen LogP contribution in [0.25, 0.3) is 11.0 Å². The molecule has 0 saturated carbocycles. The van der Waals surface area contributed by atoms with Crippen LogP contribution in [0.5, 0.6) is 0 Å². The van der Waals surface area contributed by atoms with E-state index in [1.807, 2.05) is 44.2 Å². The van der Waals surface area contributed by atoms with Crippen molar-refractivity contribution < 1.29 is 14.0 Å². The third-order valence-electron chi connectivity index (χ3n) is 6.52. The minimum atomic E-state index is -0.910. The van der Waals surface area contributed by atoms with Crippen molar-refractivity contribution in [3.8, 4) is 0 Å². The van der Waals surface area contributed by atoms with Gasteiger partial charge in [0.15, 0.2) is 0 Å². The van der Waals surface area contributed by atoms with E-state index in [9.17, 15) is 14.4 Å². The lowest BCUT2D eigenvalue weighted by molar-refractivity contribution is -0.132. The fourth-order valence-corrected chi connectivity index (χ4v) is 4.67. The van der Waals surface area contributed by atoms with Crippen LogP contribution >= 0.6 is 0 Å². The lowest BCUT2D eigenvalue weighted by atomic mass is 9.78. The fourth-order valence-electron chi connectivity index (χ4n) is 4.67. The second-order valence-electron chi connectivity index (χ2n) is 8.32. The lowest BCUT2D eigenvalue weighted by Crippen LogP contribution is -2.51. The molecule has 0 radical (unpaired) electrons. The van der Waals surface area contributed by atoms with E-state index in [4.69, 9.17) is 4.42 Å². The highest BCUT2D eigenvalue weighted by molar-refractivity contribution is 6.07. The third kappa shape index (κ3) is 2.75. The van der Waals surface area contributed by atoms with E-state index in [1.54, 1.807) is 0 Å². The number of benzene rings is 2. The molecule has 0 bridgehead atoms. The van der Waals surface area contributed by atoms with Crippen LogP contribution in [0.15, 0.2) is 51.7 Å². The molecule has 1 aliphatic carbocycles. The monoisotopic (exact) mass is 402 g/mol. The molecule has 1 atom stereocenters. The molecule has 30 heavy (non-hydrogen) atoms. The van der Waals surface area contributed by atoms with Crippen LogP contribution in [0.1, 0.15) is 34.2 Å². The molecule has 1 fully saturated rings. The minimum absolute atomic E-state index is 0.0403. The molecule has 3 amide bonds. The number of fused-ring (bicyclic) bond motifs is 2. The summed E-state index contributed by atoms with van der Waals surface area (Å²) >= 11 is 0. The highest BCUT2D eigenvalue weighted by Crippen LogP contribution is 2.34. The van der Waals surface area contributed by atoms with Gasteiger partial charge in [-0.15, -0.1) is 0 Å². The number of amides is 3. The Morgan fingerprint density at radius 2 is 1.83 bits per heavy atom. The predicted octanol–water partition coefficient (Wildman–Crippen LogP) is 3.39. The smallest absolute Gasteiger partial charge is 0.336 e. The normalized spacial score (nSPS) is 20.7. The quantitative estimate of drug-likeness (QED) is 0.526. The number of carbonyl (C=O) groups excluding carboxylic acids is 2. The number of carbonyl (C=O) groups is 2. The molecule has 6 heteroatoms. The number of hydrogen-bond donors (Lipinski definition) is 1. The van der Waals surface area contributed by atoms with Gasteiger partial charge in [0.2, 0.25) is 0 Å². The number of nitrogens with one attached hydrogen (secondary N) is 1. The summed E-state index contributed by atoms with van der Waals surface area (Å²) in [5.41, 5.74) is 3.93. The Bertz CT molecular complexity index is 1280. The molecule has 6 nitrogen and oxygen atoms in total. The summed E-state index contributed by atoms with van der Waals surface area (Å²) in [6.45, 7) is 3.88. The number of aryl methyl sites for hydroxylation is 3. The van der Waals surface area contributed by atoms with Gasteiger partial charge in [-0.1, -0.05) is 36.4 Å². The van der Waals surface area contributed by atoms with E-state index in [0.29, 0.717) is 24.0 Å². The van der Waals surface area contributed by atoms with Gasteiger partial charge in [-0.3, -0.25) is 9.69 Å². The van der Waals surface area contributed by atoms with E-state index in [0.717, 1.165) is 28.5 Å². The summed E-state index contributed by atoms with van der Waals surface area (Å²) in [6, 6.07) is 12.8. The Hall–Kier alpha value is -3.41. The second kappa shape index (κ2) is 6.55. The molecule has 3 aromatic rings. The van der Waals surface area contributed by atoms with Crippen molar-refractivity contribution in [3.05, 3.63) is 80.7 Å². The molecular formula is C24H22N2O4. The molecule has 1 unspecified atom stereocenters. The molecule has 2 aliphatic rings. The van der Waals surface area contributed by atoms with E-state index in [2.05, 4.69) is 11.4 Å². The van der Waals surface area contributed by atoms with Gasteiger partial charge in [-0.2, -0.15) is 0 Å². The molecule has 5 rings (SSSR count). The first-order valence-corrected chi connectivity index (χ1v) is 10.1. The van der Waals surface area contributed by atoms with Crippen LogP contribution in [0.2, 0.25) is 0 Å².